The highest BCUT2D eigenvalue weighted by molar-refractivity contribution is 7.84. The minimum absolute atomic E-state index is 0.0138. The van der Waals surface area contributed by atoms with Gasteiger partial charge in [0.25, 0.3) is 0 Å². The van der Waals surface area contributed by atoms with Gasteiger partial charge in [-0.3, -0.25) is 0 Å². The number of rotatable bonds is 8. The fraction of sp³-hybridized carbons (Fsp3) is 0.375. The third-order valence-electron chi connectivity index (χ3n) is 4.95. The number of aliphatic carboxylic acids is 1. The number of carboxylic acid groups (broad SMARTS) is 1. The molecule has 0 heterocycles. The molecule has 2 aromatic rings. The Bertz CT molecular complexity index is 1060. The van der Waals surface area contributed by atoms with E-state index in [0.717, 1.165) is 30.3 Å². The van der Waals surface area contributed by atoms with Gasteiger partial charge in [0.15, 0.2) is 0 Å². The monoisotopic (exact) mass is 521 g/mol. The van der Waals surface area contributed by atoms with Gasteiger partial charge in [-0.05, 0) is 62.6 Å². The van der Waals surface area contributed by atoms with E-state index in [-0.39, 0.29) is 13.0 Å². The quantitative estimate of drug-likeness (QED) is 0.309. The fourth-order valence-corrected chi connectivity index (χ4v) is 4.64. The van der Waals surface area contributed by atoms with Crippen molar-refractivity contribution in [3.05, 3.63) is 82.9 Å². The maximum Gasteiger partial charge on any atom is 0.416 e. The van der Waals surface area contributed by atoms with Crippen LogP contribution >= 0.6 is 0 Å². The molecule has 1 N–H and O–H groups in total. The van der Waals surface area contributed by atoms with E-state index in [9.17, 15) is 35.3 Å². The summed E-state index contributed by atoms with van der Waals surface area (Å²) in [6, 6.07) is 7.65. The van der Waals surface area contributed by atoms with Crippen LogP contribution in [0.15, 0.2) is 60.7 Å². The Hall–Kier alpha value is -2.66. The molecule has 0 amide bonds. The zero-order chi connectivity index (χ0) is 26.6. The molecule has 35 heavy (non-hydrogen) atoms. The minimum atomic E-state index is -4.56. The zero-order valence-corrected chi connectivity index (χ0v) is 20.0. The topological polar surface area (TPSA) is 57.6 Å². The standard InChI is InChI=1S/C24H25F6NO3S/c1-22(2,3)35(34)31(15-16-7-11-18(12-8-16)23(25,26)27)20(5-4-6-21(32)33)17-9-13-19(14-10-17)24(28,29)30/h4,6-14,20H,5,15H2,1-3H3,(H,32,33). The highest BCUT2D eigenvalue weighted by atomic mass is 32.2. The second kappa shape index (κ2) is 10.9. The lowest BCUT2D eigenvalue weighted by atomic mass is 10.0. The molecule has 0 spiro atoms. The molecule has 2 aromatic carbocycles. The molecule has 0 radical (unpaired) electrons. The summed E-state index contributed by atoms with van der Waals surface area (Å²) >= 11 is 0. The molecule has 192 valence electrons. The number of carboxylic acids is 1. The fourth-order valence-electron chi connectivity index (χ4n) is 3.23. The summed E-state index contributed by atoms with van der Waals surface area (Å²) in [5.41, 5.74) is -0.993. The lowest BCUT2D eigenvalue weighted by molar-refractivity contribution is -0.138. The van der Waals surface area contributed by atoms with Crippen molar-refractivity contribution < 1.29 is 40.5 Å². The van der Waals surface area contributed by atoms with Crippen LogP contribution in [0.2, 0.25) is 0 Å². The molecule has 11 heteroatoms. The third-order valence-corrected chi connectivity index (χ3v) is 6.80. The number of hydrogen-bond acceptors (Lipinski definition) is 2. The van der Waals surface area contributed by atoms with E-state index in [4.69, 9.17) is 5.11 Å². The average molecular weight is 522 g/mol. The number of nitrogens with zero attached hydrogens (tertiary/aromatic N) is 1. The molecule has 2 rings (SSSR count). The van der Waals surface area contributed by atoms with E-state index >= 15 is 0 Å². The van der Waals surface area contributed by atoms with Gasteiger partial charge < -0.3 is 5.11 Å². The smallest absolute Gasteiger partial charge is 0.416 e. The molecule has 2 atom stereocenters. The molecular weight excluding hydrogens is 496 g/mol. The molecule has 0 fully saturated rings. The number of halogens is 6. The van der Waals surface area contributed by atoms with Crippen LogP contribution in [0.5, 0.6) is 0 Å². The van der Waals surface area contributed by atoms with Crippen LogP contribution in [0.3, 0.4) is 0 Å². The molecule has 0 bridgehead atoms. The van der Waals surface area contributed by atoms with Crippen LogP contribution in [0.1, 0.15) is 55.5 Å². The maximum absolute atomic E-state index is 13.5. The summed E-state index contributed by atoms with van der Waals surface area (Å²) in [7, 11) is -1.76. The molecule has 0 aromatic heterocycles. The van der Waals surface area contributed by atoms with Gasteiger partial charge in [0.2, 0.25) is 0 Å². The number of carbonyl (C=O) groups is 1. The van der Waals surface area contributed by atoms with Gasteiger partial charge in [0.1, 0.15) is 11.0 Å². The normalized spacial score (nSPS) is 14.9. The van der Waals surface area contributed by atoms with Crippen LogP contribution in [0.25, 0.3) is 0 Å². The number of hydrogen-bond donors (Lipinski definition) is 1. The first-order valence-corrected chi connectivity index (χ1v) is 11.5. The molecule has 0 saturated carbocycles. The summed E-state index contributed by atoms with van der Waals surface area (Å²) in [4.78, 5) is 11.0. The van der Waals surface area contributed by atoms with Crippen LogP contribution < -0.4 is 0 Å². The van der Waals surface area contributed by atoms with Crippen molar-refractivity contribution in [1.82, 2.24) is 4.31 Å². The van der Waals surface area contributed by atoms with Crippen molar-refractivity contribution in [1.29, 1.82) is 0 Å². The van der Waals surface area contributed by atoms with Crippen LogP contribution in [0.4, 0.5) is 26.3 Å². The molecule has 0 aliphatic rings. The molecule has 0 aliphatic heterocycles. The predicted molar refractivity (Wildman–Crippen MR) is 120 cm³/mol. The Morgan fingerprint density at radius 3 is 1.77 bits per heavy atom. The van der Waals surface area contributed by atoms with Gasteiger partial charge in [-0.25, -0.2) is 13.3 Å². The summed E-state index contributed by atoms with van der Waals surface area (Å²) < 4.78 is 92.1. The third kappa shape index (κ3) is 8.21. The van der Waals surface area contributed by atoms with Gasteiger partial charge >= 0.3 is 18.3 Å². The van der Waals surface area contributed by atoms with Gasteiger partial charge in [-0.15, -0.1) is 0 Å². The van der Waals surface area contributed by atoms with E-state index < -0.39 is 51.2 Å². The van der Waals surface area contributed by atoms with Crippen LogP contribution in [0, 0.1) is 0 Å². The molecule has 4 nitrogen and oxygen atoms in total. The highest BCUT2D eigenvalue weighted by Gasteiger charge is 2.34. The Balaban J connectivity index is 2.53. The molecule has 0 aliphatic carbocycles. The highest BCUT2D eigenvalue weighted by Crippen LogP contribution is 2.35. The van der Waals surface area contributed by atoms with E-state index in [0.29, 0.717) is 11.1 Å². The van der Waals surface area contributed by atoms with Crippen LogP contribution in [-0.2, 0) is 34.7 Å². The summed E-state index contributed by atoms with van der Waals surface area (Å²) in [5, 5.41) is 8.95. The zero-order valence-electron chi connectivity index (χ0n) is 19.2. The first-order valence-electron chi connectivity index (χ1n) is 10.4. The Kier molecular flexibility index (Phi) is 8.94. The number of alkyl halides is 6. The Morgan fingerprint density at radius 2 is 1.37 bits per heavy atom. The summed E-state index contributed by atoms with van der Waals surface area (Å²) in [6.45, 7) is 4.95. The van der Waals surface area contributed by atoms with Crippen molar-refractivity contribution in [3.8, 4) is 0 Å². The van der Waals surface area contributed by atoms with Gasteiger partial charge in [-0.1, -0.05) is 30.3 Å². The van der Waals surface area contributed by atoms with Gasteiger partial charge in [0.05, 0.1) is 21.9 Å². The Morgan fingerprint density at radius 1 is 0.914 bits per heavy atom. The molecule has 0 saturated heterocycles. The van der Waals surface area contributed by atoms with Gasteiger partial charge in [-0.2, -0.15) is 26.3 Å². The maximum atomic E-state index is 13.5. The Labute approximate surface area is 201 Å². The summed E-state index contributed by atoms with van der Waals surface area (Å²) in [5.74, 6) is -1.23. The van der Waals surface area contributed by atoms with Gasteiger partial charge in [0, 0.05) is 12.6 Å². The second-order valence-corrected chi connectivity index (χ2v) is 10.9. The lowest BCUT2D eigenvalue weighted by Gasteiger charge is -2.35. The lowest BCUT2D eigenvalue weighted by Crippen LogP contribution is -2.39. The SMILES string of the molecule is CC(C)(C)S(=O)N(Cc1ccc(C(F)(F)F)cc1)C(CC=CC(=O)O)c1ccc(C(F)(F)F)cc1. The van der Waals surface area contributed by atoms with E-state index in [1.54, 1.807) is 20.8 Å². The van der Waals surface area contributed by atoms with Crippen molar-refractivity contribution in [3.63, 3.8) is 0 Å². The van der Waals surface area contributed by atoms with Crippen molar-refractivity contribution >= 4 is 17.0 Å². The van der Waals surface area contributed by atoms with Crippen molar-refractivity contribution in [2.45, 2.75) is 56.9 Å². The molecule has 2 unspecified atom stereocenters. The predicted octanol–water partition coefficient (Wildman–Crippen LogP) is 6.76. The van der Waals surface area contributed by atoms with E-state index in [1.165, 1.54) is 34.6 Å². The van der Waals surface area contributed by atoms with E-state index in [2.05, 4.69) is 0 Å². The number of benzene rings is 2. The summed E-state index contributed by atoms with van der Waals surface area (Å²) in [6.07, 6.45) is -6.94. The second-order valence-electron chi connectivity index (χ2n) is 8.74. The van der Waals surface area contributed by atoms with Crippen molar-refractivity contribution in [2.24, 2.45) is 0 Å². The van der Waals surface area contributed by atoms with Crippen LogP contribution in [-0.4, -0.2) is 24.3 Å². The molecular formula is C24H25F6NO3S. The minimum Gasteiger partial charge on any atom is -0.478 e. The van der Waals surface area contributed by atoms with E-state index in [1.807, 2.05) is 0 Å². The first-order chi connectivity index (χ1) is 16.0. The van der Waals surface area contributed by atoms with Crippen molar-refractivity contribution in [2.75, 3.05) is 0 Å². The largest absolute Gasteiger partial charge is 0.478 e. The average Bonchev–Trinajstić information content (AvgIpc) is 2.73. The first kappa shape index (κ1) is 28.6.